The zero-order chi connectivity index (χ0) is 13.0. The molecule has 1 aliphatic rings. The van der Waals surface area contributed by atoms with Crippen LogP contribution in [0.2, 0.25) is 0 Å². The summed E-state index contributed by atoms with van der Waals surface area (Å²) in [5.74, 6) is 0.915. The van der Waals surface area contributed by atoms with Crippen molar-refractivity contribution in [3.63, 3.8) is 0 Å². The van der Waals surface area contributed by atoms with Gasteiger partial charge in [0.05, 0.1) is 12.2 Å². The van der Waals surface area contributed by atoms with E-state index in [0.29, 0.717) is 0 Å². The van der Waals surface area contributed by atoms with Crippen molar-refractivity contribution in [2.75, 3.05) is 13.1 Å². The molecule has 3 nitrogen and oxygen atoms in total. The molecule has 1 aliphatic heterocycles. The van der Waals surface area contributed by atoms with Gasteiger partial charge in [0, 0.05) is 24.8 Å². The highest BCUT2D eigenvalue weighted by Crippen LogP contribution is 2.23. The van der Waals surface area contributed by atoms with Crippen molar-refractivity contribution in [1.82, 2.24) is 14.7 Å². The smallest absolute Gasteiger partial charge is 0.0638 e. The Hall–Kier alpha value is -1.09. The molecule has 1 saturated heterocycles. The minimum Gasteiger partial charge on any atom is -0.299 e. The molecule has 0 aliphatic carbocycles. The molecule has 0 spiro atoms. The molecule has 0 aromatic carbocycles. The molecule has 0 bridgehead atoms. The SMILES string of the molecule is C=CCn1cc(CN2CC[C@H](CCC)C2)c(C)n1. The van der Waals surface area contributed by atoms with Crippen LogP contribution in [0.15, 0.2) is 18.9 Å². The Morgan fingerprint density at radius 2 is 2.39 bits per heavy atom. The number of aromatic nitrogens is 2. The summed E-state index contributed by atoms with van der Waals surface area (Å²) in [6, 6.07) is 0. The lowest BCUT2D eigenvalue weighted by atomic mass is 10.0. The highest BCUT2D eigenvalue weighted by atomic mass is 15.3. The minimum atomic E-state index is 0.805. The van der Waals surface area contributed by atoms with E-state index in [4.69, 9.17) is 0 Å². The molecule has 0 N–H and O–H groups in total. The third-order valence-corrected chi connectivity index (χ3v) is 3.83. The summed E-state index contributed by atoms with van der Waals surface area (Å²) in [6.45, 7) is 12.5. The van der Waals surface area contributed by atoms with Crippen LogP contribution < -0.4 is 0 Å². The average Bonchev–Trinajstić information content (AvgIpc) is 2.89. The first-order chi connectivity index (χ1) is 8.72. The lowest BCUT2D eigenvalue weighted by Gasteiger charge is -2.15. The highest BCUT2D eigenvalue weighted by Gasteiger charge is 2.22. The molecular weight excluding hydrogens is 222 g/mol. The summed E-state index contributed by atoms with van der Waals surface area (Å²) in [6.07, 6.45) is 8.13. The van der Waals surface area contributed by atoms with E-state index in [1.807, 2.05) is 10.8 Å². The number of nitrogens with zero attached hydrogens (tertiary/aromatic N) is 3. The first kappa shape index (κ1) is 13.3. The summed E-state index contributed by atoms with van der Waals surface area (Å²) < 4.78 is 1.98. The second-order valence-corrected chi connectivity index (χ2v) is 5.43. The predicted octanol–water partition coefficient (Wildman–Crippen LogP) is 3.00. The Kier molecular flexibility index (Phi) is 4.59. The molecule has 0 unspecified atom stereocenters. The Labute approximate surface area is 110 Å². The third kappa shape index (κ3) is 3.22. The van der Waals surface area contributed by atoms with Crippen molar-refractivity contribution in [1.29, 1.82) is 0 Å². The fraction of sp³-hybridized carbons (Fsp3) is 0.667. The Bertz CT molecular complexity index is 394. The number of rotatable bonds is 6. The van der Waals surface area contributed by atoms with Crippen LogP contribution in [0, 0.1) is 12.8 Å². The number of allylic oxidation sites excluding steroid dienone is 1. The van der Waals surface area contributed by atoms with Gasteiger partial charge in [-0.15, -0.1) is 6.58 Å². The van der Waals surface area contributed by atoms with Crippen molar-refractivity contribution in [2.45, 2.75) is 46.2 Å². The standard InChI is InChI=1S/C15H25N3/c1-4-6-14-7-9-17(10-14)11-15-12-18(8-5-2)16-13(15)3/h5,12,14H,2,4,6-11H2,1,3H3/t14-/m0/s1. The van der Waals surface area contributed by atoms with Gasteiger partial charge in [-0.05, 0) is 32.2 Å². The van der Waals surface area contributed by atoms with Crippen LogP contribution in [0.3, 0.4) is 0 Å². The van der Waals surface area contributed by atoms with Gasteiger partial charge in [0.1, 0.15) is 0 Å². The van der Waals surface area contributed by atoms with E-state index < -0.39 is 0 Å². The van der Waals surface area contributed by atoms with Crippen LogP contribution in [-0.2, 0) is 13.1 Å². The maximum absolute atomic E-state index is 4.52. The molecule has 18 heavy (non-hydrogen) atoms. The molecule has 0 amide bonds. The lowest BCUT2D eigenvalue weighted by molar-refractivity contribution is 0.312. The Balaban J connectivity index is 1.91. The van der Waals surface area contributed by atoms with Crippen LogP contribution in [0.4, 0.5) is 0 Å². The number of aryl methyl sites for hydroxylation is 1. The molecule has 0 radical (unpaired) electrons. The van der Waals surface area contributed by atoms with Crippen LogP contribution in [-0.4, -0.2) is 27.8 Å². The van der Waals surface area contributed by atoms with Crippen molar-refractivity contribution >= 4 is 0 Å². The topological polar surface area (TPSA) is 21.1 Å². The van der Waals surface area contributed by atoms with E-state index in [2.05, 4.69) is 36.6 Å². The quantitative estimate of drug-likeness (QED) is 0.721. The van der Waals surface area contributed by atoms with Gasteiger partial charge in [0.15, 0.2) is 0 Å². The second-order valence-electron chi connectivity index (χ2n) is 5.43. The van der Waals surface area contributed by atoms with Gasteiger partial charge in [-0.1, -0.05) is 19.4 Å². The van der Waals surface area contributed by atoms with Crippen molar-refractivity contribution in [3.05, 3.63) is 30.1 Å². The number of hydrogen-bond acceptors (Lipinski definition) is 2. The average molecular weight is 247 g/mol. The summed E-state index contributed by atoms with van der Waals surface area (Å²) in [7, 11) is 0. The van der Waals surface area contributed by atoms with Crippen LogP contribution in [0.1, 0.15) is 37.4 Å². The lowest BCUT2D eigenvalue weighted by Crippen LogP contribution is -2.20. The summed E-state index contributed by atoms with van der Waals surface area (Å²) in [5, 5.41) is 4.52. The van der Waals surface area contributed by atoms with Crippen molar-refractivity contribution in [3.8, 4) is 0 Å². The van der Waals surface area contributed by atoms with Gasteiger partial charge in [0.25, 0.3) is 0 Å². The minimum absolute atomic E-state index is 0.805. The molecule has 3 heteroatoms. The fourth-order valence-electron chi connectivity index (χ4n) is 2.88. The fourth-order valence-corrected chi connectivity index (χ4v) is 2.88. The van der Waals surface area contributed by atoms with E-state index in [9.17, 15) is 0 Å². The van der Waals surface area contributed by atoms with Crippen molar-refractivity contribution < 1.29 is 0 Å². The van der Waals surface area contributed by atoms with Crippen LogP contribution in [0.5, 0.6) is 0 Å². The first-order valence-electron chi connectivity index (χ1n) is 7.09. The second kappa shape index (κ2) is 6.19. The van der Waals surface area contributed by atoms with Gasteiger partial charge < -0.3 is 0 Å². The van der Waals surface area contributed by atoms with Gasteiger partial charge in [-0.2, -0.15) is 5.10 Å². The van der Waals surface area contributed by atoms with E-state index in [1.54, 1.807) is 0 Å². The Morgan fingerprint density at radius 1 is 1.56 bits per heavy atom. The normalized spacial score (nSPS) is 20.4. The summed E-state index contributed by atoms with van der Waals surface area (Å²) in [5.41, 5.74) is 2.53. The summed E-state index contributed by atoms with van der Waals surface area (Å²) in [4.78, 5) is 2.57. The van der Waals surface area contributed by atoms with E-state index >= 15 is 0 Å². The van der Waals surface area contributed by atoms with E-state index in [-0.39, 0.29) is 0 Å². The molecule has 1 aromatic heterocycles. The maximum Gasteiger partial charge on any atom is 0.0638 e. The molecule has 2 heterocycles. The molecule has 0 saturated carbocycles. The Morgan fingerprint density at radius 3 is 3.11 bits per heavy atom. The summed E-state index contributed by atoms with van der Waals surface area (Å²) >= 11 is 0. The molecule has 1 atom stereocenters. The number of hydrogen-bond donors (Lipinski definition) is 0. The maximum atomic E-state index is 4.52. The molecule has 1 fully saturated rings. The number of likely N-dealkylation sites (tertiary alicyclic amines) is 1. The zero-order valence-electron chi connectivity index (χ0n) is 11.7. The highest BCUT2D eigenvalue weighted by molar-refractivity contribution is 5.15. The van der Waals surface area contributed by atoms with E-state index in [0.717, 1.165) is 24.7 Å². The largest absolute Gasteiger partial charge is 0.299 e. The predicted molar refractivity (Wildman–Crippen MR) is 75.5 cm³/mol. The monoisotopic (exact) mass is 247 g/mol. The van der Waals surface area contributed by atoms with Crippen LogP contribution in [0.25, 0.3) is 0 Å². The molecular formula is C15H25N3. The van der Waals surface area contributed by atoms with Gasteiger partial charge in [0.2, 0.25) is 0 Å². The zero-order valence-corrected chi connectivity index (χ0v) is 11.7. The third-order valence-electron chi connectivity index (χ3n) is 3.83. The van der Waals surface area contributed by atoms with Crippen LogP contribution >= 0.6 is 0 Å². The van der Waals surface area contributed by atoms with Gasteiger partial charge in [-0.25, -0.2) is 0 Å². The van der Waals surface area contributed by atoms with Gasteiger partial charge in [-0.3, -0.25) is 9.58 Å². The molecule has 1 aromatic rings. The molecule has 100 valence electrons. The van der Waals surface area contributed by atoms with Gasteiger partial charge >= 0.3 is 0 Å². The first-order valence-corrected chi connectivity index (χ1v) is 7.09. The molecule has 2 rings (SSSR count). The van der Waals surface area contributed by atoms with Crippen molar-refractivity contribution in [2.24, 2.45) is 5.92 Å². The van der Waals surface area contributed by atoms with E-state index in [1.165, 1.54) is 37.9 Å².